The number of aliphatic hydroxyl groups is 1. The fraction of sp³-hybridized carbons (Fsp3) is 0.923. The molecule has 2 rings (SSSR count). The second-order valence-corrected chi connectivity index (χ2v) is 5.58. The fourth-order valence-corrected chi connectivity index (χ4v) is 2.79. The van der Waals surface area contributed by atoms with Gasteiger partial charge in [0.2, 0.25) is 5.91 Å². The molecular formula is C13H24N2O3. The summed E-state index contributed by atoms with van der Waals surface area (Å²) in [6, 6.07) is 0. The van der Waals surface area contributed by atoms with Gasteiger partial charge in [-0.1, -0.05) is 0 Å². The van der Waals surface area contributed by atoms with Gasteiger partial charge in [-0.3, -0.25) is 4.79 Å². The first-order valence-electron chi connectivity index (χ1n) is 6.95. The molecule has 1 aliphatic carbocycles. The van der Waals surface area contributed by atoms with Crippen molar-refractivity contribution in [1.29, 1.82) is 0 Å². The first kappa shape index (κ1) is 13.8. The third-order valence-electron chi connectivity index (χ3n) is 4.20. The van der Waals surface area contributed by atoms with Crippen molar-refractivity contribution in [1.82, 2.24) is 5.32 Å². The van der Waals surface area contributed by atoms with Crippen LogP contribution in [-0.2, 0) is 9.53 Å². The van der Waals surface area contributed by atoms with Crippen LogP contribution < -0.4 is 11.1 Å². The summed E-state index contributed by atoms with van der Waals surface area (Å²) in [6.07, 6.45) is 5.03. The minimum Gasteiger partial charge on any atom is -0.389 e. The molecule has 5 heteroatoms. The predicted octanol–water partition coefficient (Wildman–Crippen LogP) is 0.162. The number of hydrogen-bond acceptors (Lipinski definition) is 4. The van der Waals surface area contributed by atoms with Gasteiger partial charge in [0, 0.05) is 25.6 Å². The maximum absolute atomic E-state index is 12.0. The van der Waals surface area contributed by atoms with Crippen LogP contribution in [0.5, 0.6) is 0 Å². The van der Waals surface area contributed by atoms with E-state index in [1.807, 2.05) is 0 Å². The molecule has 1 saturated heterocycles. The molecule has 1 unspecified atom stereocenters. The van der Waals surface area contributed by atoms with Gasteiger partial charge in [0.25, 0.3) is 0 Å². The van der Waals surface area contributed by atoms with Gasteiger partial charge < -0.3 is 20.9 Å². The Balaban J connectivity index is 1.70. The fourth-order valence-electron chi connectivity index (χ4n) is 2.79. The summed E-state index contributed by atoms with van der Waals surface area (Å²) >= 11 is 0. The Morgan fingerprint density at radius 3 is 2.67 bits per heavy atom. The number of ether oxygens (including phenoxy) is 1. The van der Waals surface area contributed by atoms with Gasteiger partial charge in [-0.25, -0.2) is 0 Å². The van der Waals surface area contributed by atoms with E-state index in [2.05, 4.69) is 5.32 Å². The number of carbonyl (C=O) groups excluding carboxylic acids is 1. The van der Waals surface area contributed by atoms with Crippen molar-refractivity contribution >= 4 is 5.91 Å². The first-order valence-corrected chi connectivity index (χ1v) is 6.95. The third kappa shape index (κ3) is 3.43. The molecule has 1 saturated carbocycles. The summed E-state index contributed by atoms with van der Waals surface area (Å²) < 4.78 is 5.47. The predicted molar refractivity (Wildman–Crippen MR) is 67.9 cm³/mol. The van der Waals surface area contributed by atoms with Crippen molar-refractivity contribution in [3.05, 3.63) is 0 Å². The van der Waals surface area contributed by atoms with Crippen LogP contribution in [0.3, 0.4) is 0 Å². The minimum absolute atomic E-state index is 0.0261. The highest BCUT2D eigenvalue weighted by Crippen LogP contribution is 2.31. The van der Waals surface area contributed by atoms with Gasteiger partial charge >= 0.3 is 0 Å². The zero-order valence-corrected chi connectivity index (χ0v) is 10.9. The maximum Gasteiger partial charge on any atom is 0.223 e. The van der Waals surface area contributed by atoms with Crippen LogP contribution in [0.25, 0.3) is 0 Å². The van der Waals surface area contributed by atoms with Crippen molar-refractivity contribution in [2.75, 3.05) is 19.7 Å². The van der Waals surface area contributed by atoms with Crippen molar-refractivity contribution in [3.63, 3.8) is 0 Å². The highest BCUT2D eigenvalue weighted by atomic mass is 16.5. The summed E-state index contributed by atoms with van der Waals surface area (Å²) in [5.74, 6) is 0.128. The second-order valence-electron chi connectivity index (χ2n) is 5.58. The van der Waals surface area contributed by atoms with Crippen LogP contribution in [0, 0.1) is 5.92 Å². The van der Waals surface area contributed by atoms with E-state index in [9.17, 15) is 9.90 Å². The Labute approximate surface area is 108 Å². The Bertz CT molecular complexity index is 282. The summed E-state index contributed by atoms with van der Waals surface area (Å²) in [4.78, 5) is 12.0. The van der Waals surface area contributed by atoms with Crippen LogP contribution in [-0.4, -0.2) is 42.4 Å². The molecule has 4 N–H and O–H groups in total. The third-order valence-corrected chi connectivity index (χ3v) is 4.20. The van der Waals surface area contributed by atoms with Crippen molar-refractivity contribution in [2.45, 2.75) is 50.2 Å². The molecule has 5 nitrogen and oxygen atoms in total. The number of rotatable bonds is 4. The SMILES string of the molecule is NCC1(O)CCC(C(=O)NCC2CCCO2)CC1. The highest BCUT2D eigenvalue weighted by molar-refractivity contribution is 5.78. The highest BCUT2D eigenvalue weighted by Gasteiger charge is 2.34. The van der Waals surface area contributed by atoms with Crippen LogP contribution >= 0.6 is 0 Å². The van der Waals surface area contributed by atoms with E-state index in [0.29, 0.717) is 19.4 Å². The zero-order valence-electron chi connectivity index (χ0n) is 10.9. The molecular weight excluding hydrogens is 232 g/mol. The summed E-state index contributed by atoms with van der Waals surface area (Å²) in [6.45, 7) is 1.72. The summed E-state index contributed by atoms with van der Waals surface area (Å²) in [5, 5.41) is 13.0. The quantitative estimate of drug-likeness (QED) is 0.669. The molecule has 1 heterocycles. The smallest absolute Gasteiger partial charge is 0.223 e. The first-order chi connectivity index (χ1) is 8.63. The largest absolute Gasteiger partial charge is 0.389 e. The van der Waals surface area contributed by atoms with Crippen LogP contribution in [0.4, 0.5) is 0 Å². The second kappa shape index (κ2) is 5.99. The van der Waals surface area contributed by atoms with Gasteiger partial charge in [-0.2, -0.15) is 0 Å². The van der Waals surface area contributed by atoms with E-state index in [1.54, 1.807) is 0 Å². The monoisotopic (exact) mass is 256 g/mol. The molecule has 2 aliphatic rings. The molecule has 0 aromatic rings. The van der Waals surface area contributed by atoms with E-state index >= 15 is 0 Å². The van der Waals surface area contributed by atoms with Crippen LogP contribution in [0.15, 0.2) is 0 Å². The van der Waals surface area contributed by atoms with E-state index < -0.39 is 5.60 Å². The Hall–Kier alpha value is -0.650. The maximum atomic E-state index is 12.0. The lowest BCUT2D eigenvalue weighted by Gasteiger charge is -2.34. The number of hydrogen-bond donors (Lipinski definition) is 3. The van der Waals surface area contributed by atoms with Gasteiger partial charge in [-0.05, 0) is 38.5 Å². The Morgan fingerprint density at radius 1 is 1.39 bits per heavy atom. The Kier molecular flexibility index (Phi) is 4.59. The molecule has 1 aliphatic heterocycles. The summed E-state index contributed by atoms with van der Waals surface area (Å²) in [5.41, 5.74) is 4.79. The topological polar surface area (TPSA) is 84.6 Å². The zero-order chi connectivity index (χ0) is 13.0. The number of amides is 1. The molecule has 0 radical (unpaired) electrons. The normalized spacial score (nSPS) is 36.6. The average Bonchev–Trinajstić information content (AvgIpc) is 2.90. The van der Waals surface area contributed by atoms with Crippen molar-refractivity contribution in [3.8, 4) is 0 Å². The Morgan fingerprint density at radius 2 is 2.11 bits per heavy atom. The number of nitrogens with two attached hydrogens (primary N) is 1. The lowest BCUT2D eigenvalue weighted by Crippen LogP contribution is -2.45. The lowest BCUT2D eigenvalue weighted by molar-refractivity contribution is -0.128. The molecule has 1 amide bonds. The van der Waals surface area contributed by atoms with E-state index in [1.165, 1.54) is 0 Å². The van der Waals surface area contributed by atoms with E-state index in [-0.39, 0.29) is 24.5 Å². The van der Waals surface area contributed by atoms with E-state index in [0.717, 1.165) is 32.3 Å². The molecule has 0 aromatic heterocycles. The molecule has 2 fully saturated rings. The van der Waals surface area contributed by atoms with Crippen LogP contribution in [0.1, 0.15) is 38.5 Å². The molecule has 104 valence electrons. The number of carbonyl (C=O) groups is 1. The molecule has 1 atom stereocenters. The molecule has 0 aromatic carbocycles. The van der Waals surface area contributed by atoms with Crippen LogP contribution in [0.2, 0.25) is 0 Å². The van der Waals surface area contributed by atoms with Crippen molar-refractivity contribution < 1.29 is 14.6 Å². The van der Waals surface area contributed by atoms with Gasteiger partial charge in [0.1, 0.15) is 0 Å². The van der Waals surface area contributed by atoms with Crippen molar-refractivity contribution in [2.24, 2.45) is 11.7 Å². The average molecular weight is 256 g/mol. The molecule has 18 heavy (non-hydrogen) atoms. The molecule has 0 spiro atoms. The van der Waals surface area contributed by atoms with Gasteiger partial charge in [0.15, 0.2) is 0 Å². The molecule has 0 bridgehead atoms. The summed E-state index contributed by atoms with van der Waals surface area (Å²) in [7, 11) is 0. The standard InChI is InChI=1S/C13H24N2O3/c14-9-13(17)5-3-10(4-6-13)12(16)15-8-11-2-1-7-18-11/h10-11,17H,1-9,14H2,(H,15,16). The minimum atomic E-state index is -0.745. The van der Waals surface area contributed by atoms with Gasteiger partial charge in [-0.15, -0.1) is 0 Å². The van der Waals surface area contributed by atoms with E-state index in [4.69, 9.17) is 10.5 Å². The lowest BCUT2D eigenvalue weighted by atomic mass is 9.78. The van der Waals surface area contributed by atoms with Gasteiger partial charge in [0.05, 0.1) is 11.7 Å². The number of nitrogens with one attached hydrogen (secondary N) is 1.